The van der Waals surface area contributed by atoms with E-state index in [9.17, 15) is 9.59 Å². The number of amides is 1. The second-order valence-electron chi connectivity index (χ2n) is 4.96. The summed E-state index contributed by atoms with van der Waals surface area (Å²) >= 11 is 0. The van der Waals surface area contributed by atoms with Gasteiger partial charge in [0.05, 0.1) is 18.0 Å². The van der Waals surface area contributed by atoms with Crippen molar-refractivity contribution < 1.29 is 14.3 Å². The number of fused-ring (bicyclic) bond motifs is 1. The summed E-state index contributed by atoms with van der Waals surface area (Å²) in [6, 6.07) is 17.2. The number of anilines is 1. The first-order valence-corrected chi connectivity index (χ1v) is 7.35. The maximum Gasteiger partial charge on any atom is 0.397 e. The average molecular weight is 308 g/mol. The lowest BCUT2D eigenvalue weighted by Crippen LogP contribution is -2.25. The van der Waals surface area contributed by atoms with Gasteiger partial charge < -0.3 is 15.0 Å². The van der Waals surface area contributed by atoms with Crippen LogP contribution < -0.4 is 5.32 Å². The highest BCUT2D eigenvalue weighted by Gasteiger charge is 2.20. The van der Waals surface area contributed by atoms with Gasteiger partial charge in [-0.25, -0.2) is 4.79 Å². The molecule has 3 aromatic rings. The summed E-state index contributed by atoms with van der Waals surface area (Å²) in [7, 11) is 0. The van der Waals surface area contributed by atoms with Gasteiger partial charge in [0.2, 0.25) is 0 Å². The molecule has 2 aromatic carbocycles. The molecule has 0 unspecified atom stereocenters. The van der Waals surface area contributed by atoms with Crippen LogP contribution in [-0.2, 0) is 14.3 Å². The van der Waals surface area contributed by atoms with Crippen molar-refractivity contribution in [1.29, 1.82) is 0 Å². The molecule has 0 atom stereocenters. The highest BCUT2D eigenvalue weighted by molar-refractivity contribution is 6.38. The van der Waals surface area contributed by atoms with E-state index in [0.717, 1.165) is 22.2 Å². The number of nitrogens with one attached hydrogen (secondary N) is 2. The highest BCUT2D eigenvalue weighted by atomic mass is 16.5. The Kier molecular flexibility index (Phi) is 4.10. The summed E-state index contributed by atoms with van der Waals surface area (Å²) in [4.78, 5) is 26.9. The predicted octanol–water partition coefficient (Wildman–Crippen LogP) is 3.34. The first-order valence-electron chi connectivity index (χ1n) is 7.35. The van der Waals surface area contributed by atoms with Crippen molar-refractivity contribution in [2.45, 2.75) is 6.92 Å². The van der Waals surface area contributed by atoms with E-state index in [0.29, 0.717) is 5.69 Å². The second kappa shape index (κ2) is 6.36. The second-order valence-corrected chi connectivity index (χ2v) is 4.96. The Hall–Kier alpha value is -3.08. The Bertz CT molecular complexity index is 853. The average Bonchev–Trinajstić information content (AvgIpc) is 2.94. The number of aromatic amines is 1. The van der Waals surface area contributed by atoms with Crippen LogP contribution in [0.2, 0.25) is 0 Å². The van der Waals surface area contributed by atoms with E-state index in [1.165, 1.54) is 0 Å². The summed E-state index contributed by atoms with van der Waals surface area (Å²) in [5.41, 5.74) is 3.13. The third-order valence-corrected chi connectivity index (χ3v) is 3.47. The van der Waals surface area contributed by atoms with Gasteiger partial charge in [0.25, 0.3) is 0 Å². The minimum Gasteiger partial charge on any atom is -0.459 e. The summed E-state index contributed by atoms with van der Waals surface area (Å²) in [5, 5.41) is 3.51. The molecule has 0 aliphatic carbocycles. The van der Waals surface area contributed by atoms with Crippen LogP contribution in [0.5, 0.6) is 0 Å². The molecule has 1 amide bonds. The zero-order chi connectivity index (χ0) is 16.2. The van der Waals surface area contributed by atoms with Crippen molar-refractivity contribution >= 4 is 28.5 Å². The number of ether oxygens (including phenoxy) is 1. The number of aromatic nitrogens is 1. The predicted molar refractivity (Wildman–Crippen MR) is 89.0 cm³/mol. The number of hydrogen-bond donors (Lipinski definition) is 2. The number of para-hydroxylation sites is 1. The van der Waals surface area contributed by atoms with E-state index >= 15 is 0 Å². The summed E-state index contributed by atoms with van der Waals surface area (Å²) in [5.74, 6) is -1.68. The van der Waals surface area contributed by atoms with Crippen molar-refractivity contribution in [3.8, 4) is 11.3 Å². The molecule has 0 spiro atoms. The minimum atomic E-state index is -0.892. The summed E-state index contributed by atoms with van der Waals surface area (Å²) in [6.07, 6.45) is 0. The Labute approximate surface area is 133 Å². The van der Waals surface area contributed by atoms with Gasteiger partial charge in [-0.15, -0.1) is 0 Å². The van der Waals surface area contributed by atoms with Crippen molar-refractivity contribution in [2.24, 2.45) is 0 Å². The quantitative estimate of drug-likeness (QED) is 0.576. The maximum atomic E-state index is 12.0. The molecule has 0 aliphatic heterocycles. The number of rotatable bonds is 3. The normalized spacial score (nSPS) is 10.5. The molecule has 23 heavy (non-hydrogen) atoms. The standard InChI is InChI=1S/C18H16N2O3/c1-2-23-18(22)17(21)20-16-13-10-6-7-11-14(13)19-15(16)12-8-4-3-5-9-12/h3-11,19H,2H2,1H3,(H,20,21). The van der Waals surface area contributed by atoms with Crippen LogP contribution >= 0.6 is 0 Å². The third kappa shape index (κ3) is 2.94. The van der Waals surface area contributed by atoms with Crippen LogP contribution in [0.4, 0.5) is 5.69 Å². The van der Waals surface area contributed by atoms with Crippen LogP contribution in [0.3, 0.4) is 0 Å². The third-order valence-electron chi connectivity index (χ3n) is 3.47. The SMILES string of the molecule is CCOC(=O)C(=O)Nc1c(-c2ccccc2)[nH]c2ccccc12. The van der Waals surface area contributed by atoms with Gasteiger partial charge in [-0.2, -0.15) is 0 Å². The smallest absolute Gasteiger partial charge is 0.397 e. The van der Waals surface area contributed by atoms with Crippen LogP contribution in [0, 0.1) is 0 Å². The first kappa shape index (κ1) is 14.8. The Morgan fingerprint density at radius 3 is 2.48 bits per heavy atom. The molecule has 1 heterocycles. The molecule has 1 aromatic heterocycles. The number of carbonyl (C=O) groups is 2. The molecule has 3 rings (SSSR count). The van der Waals surface area contributed by atoms with Gasteiger partial charge in [-0.05, 0) is 13.0 Å². The van der Waals surface area contributed by atoms with Crippen molar-refractivity contribution in [3.05, 3.63) is 54.6 Å². The van der Waals surface area contributed by atoms with E-state index in [1.54, 1.807) is 6.92 Å². The van der Waals surface area contributed by atoms with Crippen molar-refractivity contribution in [2.75, 3.05) is 11.9 Å². The molecule has 0 radical (unpaired) electrons. The molecular weight excluding hydrogens is 292 g/mol. The van der Waals surface area contributed by atoms with E-state index in [1.807, 2.05) is 54.6 Å². The Morgan fingerprint density at radius 1 is 1.04 bits per heavy atom. The van der Waals surface area contributed by atoms with E-state index < -0.39 is 11.9 Å². The van der Waals surface area contributed by atoms with Gasteiger partial charge in [0.15, 0.2) is 0 Å². The van der Waals surface area contributed by atoms with Crippen molar-refractivity contribution in [3.63, 3.8) is 0 Å². The van der Waals surface area contributed by atoms with Crippen LogP contribution in [0.25, 0.3) is 22.2 Å². The summed E-state index contributed by atoms with van der Waals surface area (Å²) in [6.45, 7) is 1.82. The molecule has 0 saturated heterocycles. The molecule has 5 heteroatoms. The number of H-pyrrole nitrogens is 1. The number of carbonyl (C=O) groups excluding carboxylic acids is 2. The lowest BCUT2D eigenvalue weighted by Gasteiger charge is -2.07. The fourth-order valence-electron chi connectivity index (χ4n) is 2.45. The van der Waals surface area contributed by atoms with Gasteiger partial charge >= 0.3 is 11.9 Å². The number of hydrogen-bond acceptors (Lipinski definition) is 3. The molecular formula is C18H16N2O3. The van der Waals surface area contributed by atoms with Crippen LogP contribution in [0.15, 0.2) is 54.6 Å². The lowest BCUT2D eigenvalue weighted by molar-refractivity contribution is -0.152. The molecule has 0 bridgehead atoms. The summed E-state index contributed by atoms with van der Waals surface area (Å²) < 4.78 is 4.75. The largest absolute Gasteiger partial charge is 0.459 e. The van der Waals surface area contributed by atoms with Gasteiger partial charge in [0, 0.05) is 16.5 Å². The van der Waals surface area contributed by atoms with Gasteiger partial charge in [0.1, 0.15) is 0 Å². The Morgan fingerprint density at radius 2 is 1.74 bits per heavy atom. The number of benzene rings is 2. The fourth-order valence-corrected chi connectivity index (χ4v) is 2.45. The first-order chi connectivity index (χ1) is 11.2. The van der Waals surface area contributed by atoms with Crippen LogP contribution in [-0.4, -0.2) is 23.5 Å². The monoisotopic (exact) mass is 308 g/mol. The molecule has 0 aliphatic rings. The van der Waals surface area contributed by atoms with E-state index in [2.05, 4.69) is 10.3 Å². The zero-order valence-corrected chi connectivity index (χ0v) is 12.6. The van der Waals surface area contributed by atoms with Gasteiger partial charge in [-0.3, -0.25) is 4.79 Å². The molecule has 5 nitrogen and oxygen atoms in total. The van der Waals surface area contributed by atoms with Gasteiger partial charge in [-0.1, -0.05) is 48.5 Å². The van der Waals surface area contributed by atoms with Crippen molar-refractivity contribution in [1.82, 2.24) is 4.98 Å². The molecule has 0 fully saturated rings. The van der Waals surface area contributed by atoms with E-state index in [-0.39, 0.29) is 6.61 Å². The minimum absolute atomic E-state index is 0.158. The molecule has 2 N–H and O–H groups in total. The fraction of sp³-hybridized carbons (Fsp3) is 0.111. The number of esters is 1. The maximum absolute atomic E-state index is 12.0. The van der Waals surface area contributed by atoms with Crippen LogP contribution in [0.1, 0.15) is 6.92 Å². The Balaban J connectivity index is 2.07. The molecule has 116 valence electrons. The lowest BCUT2D eigenvalue weighted by atomic mass is 10.1. The topological polar surface area (TPSA) is 71.2 Å². The molecule has 0 saturated carbocycles. The highest BCUT2D eigenvalue weighted by Crippen LogP contribution is 2.34. The zero-order valence-electron chi connectivity index (χ0n) is 12.6. The van der Waals surface area contributed by atoms with E-state index in [4.69, 9.17) is 4.74 Å².